The predicted octanol–water partition coefficient (Wildman–Crippen LogP) is 5.30. The van der Waals surface area contributed by atoms with E-state index in [-0.39, 0.29) is 5.75 Å². The summed E-state index contributed by atoms with van der Waals surface area (Å²) in [4.78, 5) is 4.67. The van der Waals surface area contributed by atoms with Gasteiger partial charge in [-0.05, 0) is 35.0 Å². The Balaban J connectivity index is 1.56. The average Bonchev–Trinajstić information content (AvgIpc) is 3.21. The first kappa shape index (κ1) is 18.1. The molecule has 0 radical (unpaired) electrons. The van der Waals surface area contributed by atoms with E-state index < -0.39 is 0 Å². The standard InChI is InChI=1S/C22H20N2O3S/c1-26-20-10-8-15(11-21(20)27-2)18-13-28-22(24-18)23-12-17-16-6-4-3-5-14(16)7-9-19(17)25/h3-11,13,25H,12H2,1-2H3,(H,23,24). The number of phenols is 1. The van der Waals surface area contributed by atoms with Crippen molar-refractivity contribution in [2.45, 2.75) is 6.54 Å². The summed E-state index contributed by atoms with van der Waals surface area (Å²) in [5, 5.41) is 18.5. The van der Waals surface area contributed by atoms with Crippen LogP contribution in [0, 0.1) is 0 Å². The van der Waals surface area contributed by atoms with E-state index in [0.29, 0.717) is 18.0 Å². The van der Waals surface area contributed by atoms with E-state index in [2.05, 4.69) is 10.3 Å². The van der Waals surface area contributed by atoms with E-state index in [1.54, 1.807) is 20.3 Å². The average molecular weight is 392 g/mol. The van der Waals surface area contributed by atoms with Crippen LogP contribution in [0.2, 0.25) is 0 Å². The molecule has 1 heterocycles. The van der Waals surface area contributed by atoms with Crippen molar-refractivity contribution in [2.75, 3.05) is 19.5 Å². The van der Waals surface area contributed by atoms with Gasteiger partial charge in [-0.1, -0.05) is 30.3 Å². The Labute approximate surface area is 167 Å². The number of rotatable bonds is 6. The van der Waals surface area contributed by atoms with E-state index in [1.807, 2.05) is 53.9 Å². The van der Waals surface area contributed by atoms with E-state index >= 15 is 0 Å². The lowest BCUT2D eigenvalue weighted by Crippen LogP contribution is -2.00. The quantitative estimate of drug-likeness (QED) is 0.466. The van der Waals surface area contributed by atoms with Crippen molar-refractivity contribution < 1.29 is 14.6 Å². The summed E-state index contributed by atoms with van der Waals surface area (Å²) in [5.41, 5.74) is 2.67. The molecular weight excluding hydrogens is 372 g/mol. The summed E-state index contributed by atoms with van der Waals surface area (Å²) in [6.07, 6.45) is 0. The number of ether oxygens (including phenoxy) is 2. The molecule has 0 saturated carbocycles. The number of aromatic nitrogens is 1. The van der Waals surface area contributed by atoms with Crippen LogP contribution < -0.4 is 14.8 Å². The van der Waals surface area contributed by atoms with Crippen molar-refractivity contribution in [1.29, 1.82) is 0 Å². The molecular formula is C22H20N2O3S. The van der Waals surface area contributed by atoms with Gasteiger partial charge in [0.05, 0.1) is 19.9 Å². The van der Waals surface area contributed by atoms with E-state index in [4.69, 9.17) is 9.47 Å². The highest BCUT2D eigenvalue weighted by atomic mass is 32.1. The first-order valence-corrected chi connectivity index (χ1v) is 9.69. The lowest BCUT2D eigenvalue weighted by Gasteiger charge is -2.10. The minimum atomic E-state index is 0.280. The van der Waals surface area contributed by atoms with Crippen LogP contribution in [0.1, 0.15) is 5.56 Å². The normalized spacial score (nSPS) is 10.8. The molecule has 0 atom stereocenters. The van der Waals surface area contributed by atoms with Crippen molar-refractivity contribution in [3.63, 3.8) is 0 Å². The third-order valence-corrected chi connectivity index (χ3v) is 5.42. The molecule has 0 fully saturated rings. The molecule has 2 N–H and O–H groups in total. The molecule has 6 heteroatoms. The first-order valence-electron chi connectivity index (χ1n) is 8.81. The van der Waals surface area contributed by atoms with Gasteiger partial charge in [0.25, 0.3) is 0 Å². The Hall–Kier alpha value is -3.25. The lowest BCUT2D eigenvalue weighted by atomic mass is 10.0. The Morgan fingerprint density at radius 2 is 1.82 bits per heavy atom. The number of nitrogens with one attached hydrogen (secondary N) is 1. The molecule has 4 aromatic rings. The van der Waals surface area contributed by atoms with Gasteiger partial charge in [0.2, 0.25) is 0 Å². The van der Waals surface area contributed by atoms with Crippen LogP contribution in [0.3, 0.4) is 0 Å². The largest absolute Gasteiger partial charge is 0.508 e. The maximum atomic E-state index is 10.3. The van der Waals surface area contributed by atoms with Gasteiger partial charge in [0.1, 0.15) is 5.75 Å². The van der Waals surface area contributed by atoms with Crippen molar-refractivity contribution in [1.82, 2.24) is 4.98 Å². The Morgan fingerprint density at radius 1 is 1.00 bits per heavy atom. The van der Waals surface area contributed by atoms with Gasteiger partial charge >= 0.3 is 0 Å². The summed E-state index contributed by atoms with van der Waals surface area (Å²) in [5.74, 6) is 1.64. The third-order valence-electron chi connectivity index (χ3n) is 4.62. The topological polar surface area (TPSA) is 63.6 Å². The molecule has 28 heavy (non-hydrogen) atoms. The van der Waals surface area contributed by atoms with Crippen LogP contribution in [-0.4, -0.2) is 24.3 Å². The molecule has 0 unspecified atom stereocenters. The molecule has 0 amide bonds. The van der Waals surface area contributed by atoms with Gasteiger partial charge in [-0.25, -0.2) is 4.98 Å². The van der Waals surface area contributed by atoms with Crippen LogP contribution in [0.15, 0.2) is 60.0 Å². The summed E-state index contributed by atoms with van der Waals surface area (Å²) in [6, 6.07) is 17.4. The smallest absolute Gasteiger partial charge is 0.183 e. The van der Waals surface area contributed by atoms with Crippen molar-refractivity contribution in [2.24, 2.45) is 0 Å². The van der Waals surface area contributed by atoms with Crippen LogP contribution in [-0.2, 0) is 6.54 Å². The zero-order chi connectivity index (χ0) is 19.5. The van der Waals surface area contributed by atoms with Crippen molar-refractivity contribution in [3.8, 4) is 28.5 Å². The van der Waals surface area contributed by atoms with Crippen molar-refractivity contribution in [3.05, 3.63) is 65.5 Å². The number of fused-ring (bicyclic) bond motifs is 1. The van der Waals surface area contributed by atoms with Gasteiger partial charge < -0.3 is 19.9 Å². The number of benzene rings is 3. The van der Waals surface area contributed by atoms with Gasteiger partial charge in [-0.2, -0.15) is 0 Å². The summed E-state index contributed by atoms with van der Waals surface area (Å²) in [7, 11) is 3.23. The fourth-order valence-electron chi connectivity index (χ4n) is 3.16. The number of methoxy groups -OCH3 is 2. The van der Waals surface area contributed by atoms with Gasteiger partial charge in [-0.3, -0.25) is 0 Å². The zero-order valence-corrected chi connectivity index (χ0v) is 16.4. The Kier molecular flexibility index (Phi) is 5.04. The SMILES string of the molecule is COc1ccc(-c2csc(NCc3c(O)ccc4ccccc34)n2)cc1OC. The van der Waals surface area contributed by atoms with Gasteiger partial charge in [0, 0.05) is 23.1 Å². The highest BCUT2D eigenvalue weighted by molar-refractivity contribution is 7.14. The molecule has 0 spiro atoms. The van der Waals surface area contributed by atoms with Gasteiger partial charge in [-0.15, -0.1) is 11.3 Å². The molecule has 0 aliphatic carbocycles. The number of phenolic OH excluding ortho intramolecular Hbond substituents is 1. The summed E-state index contributed by atoms with van der Waals surface area (Å²) < 4.78 is 10.7. The number of hydrogen-bond acceptors (Lipinski definition) is 6. The van der Waals surface area contributed by atoms with Crippen LogP contribution >= 0.6 is 11.3 Å². The fraction of sp³-hybridized carbons (Fsp3) is 0.136. The van der Waals surface area contributed by atoms with Crippen molar-refractivity contribution >= 4 is 27.2 Å². The molecule has 3 aromatic carbocycles. The Morgan fingerprint density at radius 3 is 2.64 bits per heavy atom. The molecule has 0 aliphatic rings. The molecule has 1 aromatic heterocycles. The second-order valence-electron chi connectivity index (χ2n) is 6.25. The minimum absolute atomic E-state index is 0.280. The second-order valence-corrected chi connectivity index (χ2v) is 7.10. The summed E-state index contributed by atoms with van der Waals surface area (Å²) in [6.45, 7) is 0.492. The monoisotopic (exact) mass is 392 g/mol. The van der Waals surface area contributed by atoms with E-state index in [9.17, 15) is 5.11 Å². The fourth-order valence-corrected chi connectivity index (χ4v) is 3.88. The molecule has 0 aliphatic heterocycles. The van der Waals surface area contributed by atoms with E-state index in [0.717, 1.165) is 32.7 Å². The lowest BCUT2D eigenvalue weighted by molar-refractivity contribution is 0.355. The highest BCUT2D eigenvalue weighted by Gasteiger charge is 2.11. The third kappa shape index (κ3) is 3.46. The van der Waals surface area contributed by atoms with Crippen LogP contribution in [0.5, 0.6) is 17.2 Å². The maximum Gasteiger partial charge on any atom is 0.183 e. The molecule has 5 nitrogen and oxygen atoms in total. The number of hydrogen-bond donors (Lipinski definition) is 2. The number of anilines is 1. The number of aromatic hydroxyl groups is 1. The van der Waals surface area contributed by atoms with Crippen LogP contribution in [0.4, 0.5) is 5.13 Å². The second kappa shape index (κ2) is 7.78. The predicted molar refractivity (Wildman–Crippen MR) is 114 cm³/mol. The first-order chi connectivity index (χ1) is 13.7. The summed E-state index contributed by atoms with van der Waals surface area (Å²) >= 11 is 1.52. The minimum Gasteiger partial charge on any atom is -0.508 e. The molecule has 0 saturated heterocycles. The zero-order valence-electron chi connectivity index (χ0n) is 15.6. The molecule has 4 rings (SSSR count). The van der Waals surface area contributed by atoms with Gasteiger partial charge in [0.15, 0.2) is 16.6 Å². The molecule has 142 valence electrons. The number of thiazole rings is 1. The van der Waals surface area contributed by atoms with E-state index in [1.165, 1.54) is 11.3 Å². The van der Waals surface area contributed by atoms with Crippen LogP contribution in [0.25, 0.3) is 22.0 Å². The molecule has 0 bridgehead atoms. The Bertz CT molecular complexity index is 1120. The number of nitrogens with zero attached hydrogens (tertiary/aromatic N) is 1. The highest BCUT2D eigenvalue weighted by Crippen LogP contribution is 2.34. The maximum absolute atomic E-state index is 10.3.